The lowest BCUT2D eigenvalue weighted by molar-refractivity contribution is 0.136. The van der Waals surface area contributed by atoms with Crippen LogP contribution in [0, 0.1) is 10.8 Å². The third-order valence-electron chi connectivity index (χ3n) is 5.56. The summed E-state index contributed by atoms with van der Waals surface area (Å²) in [6.45, 7) is 8.72. The summed E-state index contributed by atoms with van der Waals surface area (Å²) >= 11 is 0. The fourth-order valence-electron chi connectivity index (χ4n) is 5.05. The number of nitrogens with zero attached hydrogens (tertiary/aromatic N) is 3. The molecule has 0 spiro atoms. The molecule has 2 fully saturated rings. The molecule has 1 saturated heterocycles. The number of anilines is 3. The first-order chi connectivity index (χ1) is 11.9. The van der Waals surface area contributed by atoms with Crippen LogP contribution in [0.2, 0.25) is 0 Å². The molecule has 2 aliphatic rings. The summed E-state index contributed by atoms with van der Waals surface area (Å²) in [4.78, 5) is 11.3. The van der Waals surface area contributed by atoms with Crippen LogP contribution in [0.4, 0.5) is 17.3 Å². The number of aromatic nitrogens is 2. The van der Waals surface area contributed by atoms with Crippen LogP contribution in [-0.4, -0.2) is 22.6 Å². The highest BCUT2D eigenvalue weighted by Crippen LogP contribution is 2.53. The van der Waals surface area contributed by atoms with Crippen LogP contribution >= 0.6 is 0 Å². The van der Waals surface area contributed by atoms with E-state index in [-0.39, 0.29) is 0 Å². The number of nitrogens with two attached hydrogens (primary N) is 1. The van der Waals surface area contributed by atoms with E-state index in [0.29, 0.717) is 34.9 Å². The molecule has 1 aliphatic heterocycles. The van der Waals surface area contributed by atoms with Crippen molar-refractivity contribution in [1.29, 1.82) is 0 Å². The molecule has 2 unspecified atom stereocenters. The van der Waals surface area contributed by atoms with Gasteiger partial charge in [0.15, 0.2) is 11.6 Å². The molecular weight excluding hydrogens is 314 g/mol. The van der Waals surface area contributed by atoms with Crippen molar-refractivity contribution in [2.75, 3.05) is 22.5 Å². The zero-order valence-corrected chi connectivity index (χ0v) is 15.2. The largest absolute Gasteiger partial charge is 0.467 e. The van der Waals surface area contributed by atoms with Gasteiger partial charge in [-0.05, 0) is 42.2 Å². The Morgan fingerprint density at radius 1 is 1.32 bits per heavy atom. The van der Waals surface area contributed by atoms with Gasteiger partial charge in [-0.3, -0.25) is 0 Å². The first-order valence-corrected chi connectivity index (χ1v) is 8.99. The van der Waals surface area contributed by atoms with Crippen molar-refractivity contribution in [1.82, 2.24) is 9.97 Å². The molecule has 2 bridgehead atoms. The molecule has 6 nitrogen and oxygen atoms in total. The first-order valence-electron chi connectivity index (χ1n) is 8.99. The normalized spacial score (nSPS) is 27.5. The van der Waals surface area contributed by atoms with Crippen LogP contribution < -0.4 is 16.0 Å². The molecule has 4 rings (SSSR count). The Balaban J connectivity index is 1.58. The van der Waals surface area contributed by atoms with Gasteiger partial charge >= 0.3 is 0 Å². The lowest BCUT2D eigenvalue weighted by Crippen LogP contribution is -2.35. The number of rotatable bonds is 4. The topological polar surface area (TPSA) is 80.2 Å². The summed E-state index contributed by atoms with van der Waals surface area (Å²) in [6, 6.07) is 4.31. The maximum Gasteiger partial charge on any atom is 0.157 e. The fraction of sp³-hybridized carbons (Fsp3) is 0.579. The van der Waals surface area contributed by atoms with E-state index >= 15 is 0 Å². The number of hydrogen-bond acceptors (Lipinski definition) is 6. The Morgan fingerprint density at radius 3 is 2.92 bits per heavy atom. The highest BCUT2D eigenvalue weighted by Gasteiger charge is 2.50. The maximum atomic E-state index is 6.44. The van der Waals surface area contributed by atoms with Crippen molar-refractivity contribution in [3.63, 3.8) is 0 Å². The molecule has 1 saturated carbocycles. The van der Waals surface area contributed by atoms with Gasteiger partial charge in [0.05, 0.1) is 12.8 Å². The number of nitrogens with one attached hydrogen (secondary N) is 1. The highest BCUT2D eigenvalue weighted by atomic mass is 16.3. The Bertz CT molecular complexity index is 757. The van der Waals surface area contributed by atoms with Gasteiger partial charge < -0.3 is 20.4 Å². The van der Waals surface area contributed by atoms with Crippen LogP contribution in [0.5, 0.6) is 0 Å². The molecule has 6 heteroatoms. The number of furan rings is 1. The predicted octanol–water partition coefficient (Wildman–Crippen LogP) is 3.67. The zero-order valence-electron chi connectivity index (χ0n) is 15.2. The molecular formula is C19H27N5O. The van der Waals surface area contributed by atoms with E-state index in [1.54, 1.807) is 12.6 Å². The molecule has 2 aromatic heterocycles. The number of nitrogen functional groups attached to an aromatic ring is 1. The van der Waals surface area contributed by atoms with Crippen LogP contribution in [0.25, 0.3) is 0 Å². The second kappa shape index (κ2) is 5.64. The van der Waals surface area contributed by atoms with E-state index in [1.807, 2.05) is 12.1 Å². The Labute approximate surface area is 148 Å². The number of hydrogen-bond donors (Lipinski definition) is 2. The second-order valence-electron chi connectivity index (χ2n) is 8.73. The molecule has 134 valence electrons. The zero-order chi connectivity index (χ0) is 17.7. The molecule has 25 heavy (non-hydrogen) atoms. The molecule has 3 heterocycles. The van der Waals surface area contributed by atoms with Gasteiger partial charge in [0, 0.05) is 12.6 Å². The molecule has 0 amide bonds. The van der Waals surface area contributed by atoms with Crippen molar-refractivity contribution in [3.05, 3.63) is 30.5 Å². The van der Waals surface area contributed by atoms with Crippen molar-refractivity contribution >= 4 is 17.3 Å². The van der Waals surface area contributed by atoms with E-state index in [4.69, 9.17) is 10.2 Å². The predicted molar refractivity (Wildman–Crippen MR) is 99.4 cm³/mol. The van der Waals surface area contributed by atoms with Crippen molar-refractivity contribution < 1.29 is 4.42 Å². The van der Waals surface area contributed by atoms with E-state index in [9.17, 15) is 0 Å². The molecule has 3 N–H and O–H groups in total. The summed E-state index contributed by atoms with van der Waals surface area (Å²) in [5.41, 5.74) is 7.77. The summed E-state index contributed by atoms with van der Waals surface area (Å²) in [5, 5.41) is 3.27. The SMILES string of the molecule is CC1(C)CC2CC(C)(CN2c2ncnc(NCc3ccco3)c2N)C1. The molecule has 1 aliphatic carbocycles. The third kappa shape index (κ3) is 3.05. The molecule has 0 aromatic carbocycles. The minimum absolute atomic E-state index is 0.339. The van der Waals surface area contributed by atoms with E-state index in [2.05, 4.69) is 41.0 Å². The van der Waals surface area contributed by atoms with E-state index in [0.717, 1.165) is 18.1 Å². The minimum Gasteiger partial charge on any atom is -0.467 e. The third-order valence-corrected chi connectivity index (χ3v) is 5.56. The Morgan fingerprint density at radius 2 is 2.16 bits per heavy atom. The van der Waals surface area contributed by atoms with Crippen LogP contribution in [-0.2, 0) is 6.54 Å². The minimum atomic E-state index is 0.339. The van der Waals surface area contributed by atoms with Gasteiger partial charge in [-0.15, -0.1) is 0 Å². The van der Waals surface area contributed by atoms with Gasteiger partial charge in [0.2, 0.25) is 0 Å². The van der Waals surface area contributed by atoms with Gasteiger partial charge in [-0.1, -0.05) is 20.8 Å². The monoisotopic (exact) mass is 341 g/mol. The van der Waals surface area contributed by atoms with Gasteiger partial charge in [0.25, 0.3) is 0 Å². The molecule has 2 atom stereocenters. The van der Waals surface area contributed by atoms with Gasteiger partial charge in [0.1, 0.15) is 17.8 Å². The van der Waals surface area contributed by atoms with Crippen molar-refractivity contribution in [3.8, 4) is 0 Å². The molecule has 0 radical (unpaired) electrons. The average molecular weight is 341 g/mol. The van der Waals surface area contributed by atoms with Crippen molar-refractivity contribution in [2.45, 2.75) is 52.6 Å². The Hall–Kier alpha value is -2.24. The fourth-order valence-corrected chi connectivity index (χ4v) is 5.05. The quantitative estimate of drug-likeness (QED) is 0.883. The van der Waals surface area contributed by atoms with Crippen molar-refractivity contribution in [2.24, 2.45) is 10.8 Å². The van der Waals surface area contributed by atoms with Crippen LogP contribution in [0.15, 0.2) is 29.1 Å². The Kier molecular flexibility index (Phi) is 3.67. The smallest absolute Gasteiger partial charge is 0.157 e. The summed E-state index contributed by atoms with van der Waals surface area (Å²) in [7, 11) is 0. The van der Waals surface area contributed by atoms with Crippen LogP contribution in [0.3, 0.4) is 0 Å². The summed E-state index contributed by atoms with van der Waals surface area (Å²) in [5.74, 6) is 2.39. The van der Waals surface area contributed by atoms with E-state index < -0.39 is 0 Å². The lowest BCUT2D eigenvalue weighted by atomic mass is 9.65. The van der Waals surface area contributed by atoms with E-state index in [1.165, 1.54) is 19.3 Å². The first kappa shape index (κ1) is 16.2. The van der Waals surface area contributed by atoms with Gasteiger partial charge in [-0.25, -0.2) is 9.97 Å². The van der Waals surface area contributed by atoms with Gasteiger partial charge in [-0.2, -0.15) is 0 Å². The summed E-state index contributed by atoms with van der Waals surface area (Å²) < 4.78 is 5.36. The average Bonchev–Trinajstić information content (AvgIpc) is 3.11. The summed E-state index contributed by atoms with van der Waals surface area (Å²) in [6.07, 6.45) is 6.92. The highest BCUT2D eigenvalue weighted by molar-refractivity contribution is 5.75. The number of fused-ring (bicyclic) bond motifs is 2. The standard InChI is InChI=1S/C19H27N5O/c1-18(2)7-13-8-19(3,10-18)11-24(13)17-15(20)16(22-12-23-17)21-9-14-5-4-6-25-14/h4-6,12-13H,7-11,20H2,1-3H3,(H,21,22,23). The maximum absolute atomic E-state index is 6.44. The lowest BCUT2D eigenvalue weighted by Gasteiger charge is -2.39. The molecule has 2 aromatic rings. The second-order valence-corrected chi connectivity index (χ2v) is 8.73. The van der Waals surface area contributed by atoms with Crippen LogP contribution in [0.1, 0.15) is 45.8 Å².